The fourth-order valence-electron chi connectivity index (χ4n) is 2.50. The normalized spacial score (nSPS) is 19.5. The molecular formula is C12H17F2N3O3S. The number of carbonyl (C=O) groups is 1. The number of nitrogens with two attached hydrogens (primary N) is 1. The molecule has 0 aliphatic carbocycles. The van der Waals surface area contributed by atoms with E-state index >= 15 is 0 Å². The second kappa shape index (κ2) is 5.72. The van der Waals surface area contributed by atoms with Crippen LogP contribution in [0.15, 0.2) is 17.2 Å². The summed E-state index contributed by atoms with van der Waals surface area (Å²) in [5.74, 6) is -0.449. The number of rotatable bonds is 4. The van der Waals surface area contributed by atoms with Gasteiger partial charge >= 0.3 is 0 Å². The number of hydrogen-bond donors (Lipinski definition) is 1. The van der Waals surface area contributed by atoms with Crippen molar-refractivity contribution in [3.05, 3.63) is 18.0 Å². The van der Waals surface area contributed by atoms with Crippen LogP contribution >= 0.6 is 0 Å². The molecule has 0 saturated carbocycles. The Kier molecular flexibility index (Phi) is 4.33. The maximum Gasteiger partial charge on any atom is 0.270 e. The van der Waals surface area contributed by atoms with Crippen LogP contribution < -0.4 is 5.14 Å². The second-order valence-electron chi connectivity index (χ2n) is 5.14. The van der Waals surface area contributed by atoms with Gasteiger partial charge in [-0.25, -0.2) is 22.3 Å². The molecule has 1 atom stereocenters. The minimum Gasteiger partial charge on any atom is -0.336 e. The fraction of sp³-hybridized carbons (Fsp3) is 0.583. The number of aromatic nitrogens is 1. The Morgan fingerprint density at radius 2 is 2.19 bits per heavy atom. The van der Waals surface area contributed by atoms with Gasteiger partial charge in [-0.1, -0.05) is 0 Å². The van der Waals surface area contributed by atoms with Gasteiger partial charge in [-0.15, -0.1) is 0 Å². The van der Waals surface area contributed by atoms with Crippen LogP contribution in [0.25, 0.3) is 0 Å². The van der Waals surface area contributed by atoms with Gasteiger partial charge in [-0.3, -0.25) is 4.79 Å². The Morgan fingerprint density at radius 3 is 2.67 bits per heavy atom. The van der Waals surface area contributed by atoms with E-state index < -0.39 is 28.9 Å². The molecule has 118 valence electrons. The predicted octanol–water partition coefficient (Wildman–Crippen LogP) is 1.03. The summed E-state index contributed by atoms with van der Waals surface area (Å²) < 4.78 is 48.8. The molecule has 9 heteroatoms. The molecule has 0 bridgehead atoms. The van der Waals surface area contributed by atoms with E-state index in [-0.39, 0.29) is 16.6 Å². The van der Waals surface area contributed by atoms with Crippen molar-refractivity contribution in [2.45, 2.75) is 43.7 Å². The van der Waals surface area contributed by atoms with Crippen LogP contribution in [0.4, 0.5) is 8.78 Å². The number of halogens is 2. The number of alkyl halides is 2. The zero-order chi connectivity index (χ0) is 15.8. The maximum absolute atomic E-state index is 12.6. The summed E-state index contributed by atoms with van der Waals surface area (Å²) in [6, 6.07) is 1.07. The molecule has 1 aromatic heterocycles. The van der Waals surface area contributed by atoms with E-state index in [1.807, 2.05) is 6.92 Å². The van der Waals surface area contributed by atoms with Crippen molar-refractivity contribution in [1.29, 1.82) is 0 Å². The highest BCUT2D eigenvalue weighted by atomic mass is 32.2. The van der Waals surface area contributed by atoms with Crippen LogP contribution in [-0.2, 0) is 16.6 Å². The fourth-order valence-corrected chi connectivity index (χ4v) is 3.05. The molecule has 0 aromatic carbocycles. The van der Waals surface area contributed by atoms with Crippen molar-refractivity contribution in [2.24, 2.45) is 5.14 Å². The van der Waals surface area contributed by atoms with Crippen LogP contribution in [0.1, 0.15) is 30.3 Å². The number of carbonyl (C=O) groups excluding carboxylic acids is 1. The number of likely N-dealkylation sites (tertiary alicyclic amines) is 1. The van der Waals surface area contributed by atoms with Crippen molar-refractivity contribution in [2.75, 3.05) is 6.54 Å². The first kappa shape index (κ1) is 15.9. The third-order valence-corrected chi connectivity index (χ3v) is 4.45. The summed E-state index contributed by atoms with van der Waals surface area (Å²) in [6.07, 6.45) is -0.0446. The van der Waals surface area contributed by atoms with Crippen LogP contribution in [-0.4, -0.2) is 42.8 Å². The number of nitrogens with zero attached hydrogens (tertiary/aromatic N) is 2. The van der Waals surface area contributed by atoms with Gasteiger partial charge in [0.2, 0.25) is 10.0 Å². The minimum atomic E-state index is -4.05. The smallest absolute Gasteiger partial charge is 0.270 e. The van der Waals surface area contributed by atoms with Crippen LogP contribution in [0.3, 0.4) is 0 Å². The first-order chi connectivity index (χ1) is 9.70. The second-order valence-corrected chi connectivity index (χ2v) is 6.70. The third-order valence-electron chi connectivity index (χ3n) is 3.57. The van der Waals surface area contributed by atoms with E-state index in [0.29, 0.717) is 6.54 Å². The van der Waals surface area contributed by atoms with E-state index in [1.54, 1.807) is 4.90 Å². The molecule has 1 aliphatic rings. The van der Waals surface area contributed by atoms with Crippen molar-refractivity contribution in [3.63, 3.8) is 0 Å². The lowest BCUT2D eigenvalue weighted by Gasteiger charge is -2.22. The molecule has 2 rings (SSSR count). The van der Waals surface area contributed by atoms with Gasteiger partial charge in [0.1, 0.15) is 10.6 Å². The highest BCUT2D eigenvalue weighted by Gasteiger charge is 2.29. The lowest BCUT2D eigenvalue weighted by Crippen LogP contribution is -2.35. The highest BCUT2D eigenvalue weighted by molar-refractivity contribution is 7.89. The highest BCUT2D eigenvalue weighted by Crippen LogP contribution is 2.22. The molecule has 2 heterocycles. The number of hydrogen-bond acceptors (Lipinski definition) is 3. The topological polar surface area (TPSA) is 85.4 Å². The first-order valence-electron chi connectivity index (χ1n) is 6.52. The maximum atomic E-state index is 12.6. The number of amides is 1. The van der Waals surface area contributed by atoms with E-state index in [0.717, 1.165) is 29.7 Å². The van der Waals surface area contributed by atoms with Gasteiger partial charge in [-0.2, -0.15) is 0 Å². The molecule has 1 unspecified atom stereocenters. The van der Waals surface area contributed by atoms with Crippen LogP contribution in [0, 0.1) is 0 Å². The largest absolute Gasteiger partial charge is 0.336 e. The molecule has 6 nitrogen and oxygen atoms in total. The Labute approximate surface area is 121 Å². The summed E-state index contributed by atoms with van der Waals surface area (Å²) in [4.78, 5) is 13.6. The molecule has 1 saturated heterocycles. The Balaban J connectivity index is 2.40. The minimum absolute atomic E-state index is 0.00494. The summed E-state index contributed by atoms with van der Waals surface area (Å²) in [7, 11) is -4.05. The zero-order valence-electron chi connectivity index (χ0n) is 11.5. The van der Waals surface area contributed by atoms with Crippen LogP contribution in [0.2, 0.25) is 0 Å². The average molecular weight is 321 g/mol. The SMILES string of the molecule is CC1CCCN1C(=O)c1cc(S(N)(=O)=O)cn1CC(F)F. The van der Waals surface area contributed by atoms with E-state index in [4.69, 9.17) is 5.14 Å². The Hall–Kier alpha value is -1.48. The van der Waals surface area contributed by atoms with Gasteiger partial charge in [0.25, 0.3) is 12.3 Å². The quantitative estimate of drug-likeness (QED) is 0.898. The lowest BCUT2D eigenvalue weighted by molar-refractivity contribution is 0.0727. The predicted molar refractivity (Wildman–Crippen MR) is 71.5 cm³/mol. The van der Waals surface area contributed by atoms with Gasteiger partial charge in [-0.05, 0) is 25.8 Å². The van der Waals surface area contributed by atoms with Crippen molar-refractivity contribution >= 4 is 15.9 Å². The third kappa shape index (κ3) is 3.41. The number of primary sulfonamides is 1. The van der Waals surface area contributed by atoms with E-state index in [1.165, 1.54) is 0 Å². The van der Waals surface area contributed by atoms with Crippen molar-refractivity contribution in [1.82, 2.24) is 9.47 Å². The van der Waals surface area contributed by atoms with Gasteiger partial charge in [0.05, 0.1) is 6.54 Å². The average Bonchev–Trinajstić information content (AvgIpc) is 2.93. The molecular weight excluding hydrogens is 304 g/mol. The molecule has 0 radical (unpaired) electrons. The summed E-state index contributed by atoms with van der Waals surface area (Å²) in [5.41, 5.74) is -0.0759. The Bertz CT molecular complexity index is 642. The molecule has 2 N–H and O–H groups in total. The molecule has 1 aromatic rings. The van der Waals surface area contributed by atoms with Crippen molar-refractivity contribution < 1.29 is 22.0 Å². The molecule has 1 amide bonds. The summed E-state index contributed by atoms with van der Waals surface area (Å²) >= 11 is 0. The molecule has 1 aliphatic heterocycles. The molecule has 1 fully saturated rings. The molecule has 21 heavy (non-hydrogen) atoms. The number of sulfonamides is 1. The first-order valence-corrected chi connectivity index (χ1v) is 8.07. The summed E-state index contributed by atoms with van der Waals surface area (Å²) in [6.45, 7) is 1.65. The standard InChI is InChI=1S/C12H17F2N3O3S/c1-8-3-2-4-17(8)12(18)10-5-9(21(15,19)20)6-16(10)7-11(13)14/h5-6,8,11H,2-4,7H2,1H3,(H2,15,19,20). The zero-order valence-corrected chi connectivity index (χ0v) is 12.3. The van der Waals surface area contributed by atoms with Gasteiger partial charge in [0, 0.05) is 18.8 Å². The summed E-state index contributed by atoms with van der Waals surface area (Å²) in [5, 5.41) is 5.00. The van der Waals surface area contributed by atoms with E-state index in [2.05, 4.69) is 0 Å². The Morgan fingerprint density at radius 1 is 1.52 bits per heavy atom. The van der Waals surface area contributed by atoms with Crippen molar-refractivity contribution in [3.8, 4) is 0 Å². The lowest BCUT2D eigenvalue weighted by atomic mass is 10.2. The molecule has 0 spiro atoms. The van der Waals surface area contributed by atoms with Crippen LogP contribution in [0.5, 0.6) is 0 Å². The van der Waals surface area contributed by atoms with E-state index in [9.17, 15) is 22.0 Å². The monoisotopic (exact) mass is 321 g/mol. The van der Waals surface area contributed by atoms with Gasteiger partial charge in [0.15, 0.2) is 0 Å². The van der Waals surface area contributed by atoms with Gasteiger partial charge < -0.3 is 9.47 Å².